The quantitative estimate of drug-likeness (QED) is 0.645. The number of rotatable bonds is 4. The summed E-state index contributed by atoms with van der Waals surface area (Å²) in [6, 6.07) is 10.8. The number of hydrogen-bond acceptors (Lipinski definition) is 5. The highest BCUT2D eigenvalue weighted by Gasteiger charge is 2.26. The molecule has 0 radical (unpaired) electrons. The third kappa shape index (κ3) is 4.73. The molecule has 3 aromatic rings. The van der Waals surface area contributed by atoms with Crippen LogP contribution in [0.4, 0.5) is 5.69 Å². The van der Waals surface area contributed by atoms with Crippen LogP contribution < -0.4 is 10.9 Å². The molecule has 7 nitrogen and oxygen atoms in total. The molecule has 162 valence electrons. The van der Waals surface area contributed by atoms with E-state index in [1.54, 1.807) is 19.1 Å². The van der Waals surface area contributed by atoms with Crippen LogP contribution in [0.15, 0.2) is 41.2 Å². The monoisotopic (exact) mass is 440 g/mol. The molecule has 0 spiro atoms. The number of halogens is 1. The van der Waals surface area contributed by atoms with Crippen molar-refractivity contribution in [2.45, 2.75) is 39.5 Å². The molecule has 1 fully saturated rings. The van der Waals surface area contributed by atoms with Crippen molar-refractivity contribution in [1.82, 2.24) is 14.9 Å². The number of nitrogens with one attached hydrogen (secondary N) is 2. The zero-order valence-electron chi connectivity index (χ0n) is 17.7. The minimum Gasteiger partial charge on any atom is -0.381 e. The lowest BCUT2D eigenvalue weighted by molar-refractivity contribution is -0.0586. The Bertz CT molecular complexity index is 1170. The predicted octanol–water partition coefficient (Wildman–Crippen LogP) is 3.75. The molecular weight excluding hydrogens is 416 g/mol. The molecule has 4 rings (SSSR count). The number of hydrogen-bond donors (Lipinski definition) is 2. The Hall–Kier alpha value is -2.90. The maximum absolute atomic E-state index is 12.8. The predicted molar refractivity (Wildman–Crippen MR) is 122 cm³/mol. The van der Waals surface area contributed by atoms with E-state index in [1.165, 1.54) is 0 Å². The number of carbonyl (C=O) groups excluding carboxylic acids is 1. The lowest BCUT2D eigenvalue weighted by Gasteiger charge is -2.35. The van der Waals surface area contributed by atoms with Gasteiger partial charge in [-0.05, 0) is 62.7 Å². The first kappa shape index (κ1) is 21.3. The fourth-order valence-corrected chi connectivity index (χ4v) is 4.14. The van der Waals surface area contributed by atoms with Gasteiger partial charge >= 0.3 is 0 Å². The molecule has 0 bridgehead atoms. The number of ether oxygens (including phenoxy) is 1. The molecule has 8 heteroatoms. The Balaban J connectivity index is 1.46. The number of nitrogens with zero attached hydrogens (tertiary/aromatic N) is 2. The Kier molecular flexibility index (Phi) is 5.98. The van der Waals surface area contributed by atoms with Crippen LogP contribution in [-0.4, -0.2) is 46.1 Å². The van der Waals surface area contributed by atoms with Gasteiger partial charge in [-0.1, -0.05) is 11.6 Å². The van der Waals surface area contributed by atoms with Crippen molar-refractivity contribution in [3.05, 3.63) is 68.7 Å². The fraction of sp³-hybridized carbons (Fsp3) is 0.348. The van der Waals surface area contributed by atoms with Crippen molar-refractivity contribution in [1.29, 1.82) is 0 Å². The topological polar surface area (TPSA) is 87.3 Å². The van der Waals surface area contributed by atoms with E-state index >= 15 is 0 Å². The largest absolute Gasteiger partial charge is 0.381 e. The van der Waals surface area contributed by atoms with E-state index in [9.17, 15) is 9.59 Å². The zero-order valence-corrected chi connectivity index (χ0v) is 18.5. The second kappa shape index (κ2) is 8.69. The second-order valence-corrected chi connectivity index (χ2v) is 8.42. The molecule has 1 saturated heterocycles. The van der Waals surface area contributed by atoms with Crippen molar-refractivity contribution < 1.29 is 9.53 Å². The summed E-state index contributed by atoms with van der Waals surface area (Å²) in [5.41, 5.74) is 2.68. The molecule has 2 heterocycles. The van der Waals surface area contributed by atoms with Gasteiger partial charge < -0.3 is 19.9 Å². The highest BCUT2D eigenvalue weighted by Crippen LogP contribution is 2.23. The van der Waals surface area contributed by atoms with Gasteiger partial charge in [-0.25, -0.2) is 4.98 Å². The first-order valence-corrected chi connectivity index (χ1v) is 10.7. The lowest BCUT2D eigenvalue weighted by Crippen LogP contribution is -2.48. The normalized spacial score (nSPS) is 18.9. The molecule has 1 amide bonds. The van der Waals surface area contributed by atoms with Gasteiger partial charge in [0.1, 0.15) is 5.82 Å². The van der Waals surface area contributed by atoms with Gasteiger partial charge in [0, 0.05) is 35.9 Å². The van der Waals surface area contributed by atoms with E-state index in [4.69, 9.17) is 16.3 Å². The number of carbonyl (C=O) groups is 1. The van der Waals surface area contributed by atoms with Crippen LogP contribution in [0.25, 0.3) is 10.9 Å². The number of fused-ring (bicyclic) bond motifs is 1. The Morgan fingerprint density at radius 3 is 2.58 bits per heavy atom. The van der Waals surface area contributed by atoms with E-state index < -0.39 is 0 Å². The van der Waals surface area contributed by atoms with Gasteiger partial charge in [-0.15, -0.1) is 0 Å². The van der Waals surface area contributed by atoms with Crippen molar-refractivity contribution >= 4 is 34.1 Å². The SMILES string of the molecule is Cc1nc2cc(Cl)c(CNc3ccc(C(=O)N4CC(C)OC(C)C4)cc3)cc2c(=O)[nH]1. The number of benzene rings is 2. The number of morpholine rings is 1. The first-order valence-electron chi connectivity index (χ1n) is 10.3. The van der Waals surface area contributed by atoms with E-state index in [-0.39, 0.29) is 23.7 Å². The Morgan fingerprint density at radius 2 is 1.90 bits per heavy atom. The molecule has 0 saturated carbocycles. The zero-order chi connectivity index (χ0) is 22.1. The smallest absolute Gasteiger partial charge is 0.258 e. The Morgan fingerprint density at radius 1 is 1.23 bits per heavy atom. The molecule has 2 unspecified atom stereocenters. The molecular formula is C23H25ClN4O3. The highest BCUT2D eigenvalue weighted by atomic mass is 35.5. The van der Waals surface area contributed by atoms with Gasteiger partial charge in [-0.3, -0.25) is 9.59 Å². The molecule has 0 aliphatic carbocycles. The van der Waals surface area contributed by atoms with Gasteiger partial charge in [0.2, 0.25) is 0 Å². The summed E-state index contributed by atoms with van der Waals surface area (Å²) in [7, 11) is 0. The number of H-pyrrole nitrogens is 1. The fourth-order valence-electron chi connectivity index (χ4n) is 3.91. The summed E-state index contributed by atoms with van der Waals surface area (Å²) >= 11 is 6.40. The van der Waals surface area contributed by atoms with Gasteiger partial charge in [0.25, 0.3) is 11.5 Å². The number of aromatic amines is 1. The number of aromatic nitrogens is 2. The summed E-state index contributed by atoms with van der Waals surface area (Å²) in [6.45, 7) is 7.32. The number of aryl methyl sites for hydroxylation is 1. The van der Waals surface area contributed by atoms with Crippen LogP contribution in [0.3, 0.4) is 0 Å². The molecule has 31 heavy (non-hydrogen) atoms. The van der Waals surface area contributed by atoms with Crippen LogP contribution in [0.2, 0.25) is 5.02 Å². The molecule has 2 aromatic carbocycles. The van der Waals surface area contributed by atoms with Crippen molar-refractivity contribution in [2.24, 2.45) is 0 Å². The van der Waals surface area contributed by atoms with Gasteiger partial charge in [-0.2, -0.15) is 0 Å². The minimum absolute atomic E-state index is 0.00754. The average Bonchev–Trinajstić information content (AvgIpc) is 2.71. The van der Waals surface area contributed by atoms with E-state index in [1.807, 2.05) is 43.0 Å². The third-order valence-corrected chi connectivity index (χ3v) is 5.67. The third-order valence-electron chi connectivity index (χ3n) is 5.31. The summed E-state index contributed by atoms with van der Waals surface area (Å²) in [5, 5.41) is 4.34. The summed E-state index contributed by atoms with van der Waals surface area (Å²) in [4.78, 5) is 33.9. The molecule has 1 aromatic heterocycles. The van der Waals surface area contributed by atoms with E-state index in [0.29, 0.717) is 46.9 Å². The van der Waals surface area contributed by atoms with Crippen molar-refractivity contribution in [3.63, 3.8) is 0 Å². The molecule has 2 N–H and O–H groups in total. The van der Waals surface area contributed by atoms with Crippen LogP contribution >= 0.6 is 11.6 Å². The van der Waals surface area contributed by atoms with Gasteiger partial charge in [0.15, 0.2) is 0 Å². The van der Waals surface area contributed by atoms with Crippen LogP contribution in [-0.2, 0) is 11.3 Å². The average molecular weight is 441 g/mol. The highest BCUT2D eigenvalue weighted by molar-refractivity contribution is 6.32. The van der Waals surface area contributed by atoms with E-state index in [2.05, 4.69) is 15.3 Å². The van der Waals surface area contributed by atoms with E-state index in [0.717, 1.165) is 11.3 Å². The minimum atomic E-state index is -0.185. The van der Waals surface area contributed by atoms with Crippen LogP contribution in [0.1, 0.15) is 35.6 Å². The Labute approximate surface area is 185 Å². The molecule has 2 atom stereocenters. The van der Waals surface area contributed by atoms with Gasteiger partial charge in [0.05, 0.1) is 23.1 Å². The lowest BCUT2D eigenvalue weighted by atomic mass is 10.1. The number of anilines is 1. The van der Waals surface area contributed by atoms with Crippen LogP contribution in [0.5, 0.6) is 0 Å². The van der Waals surface area contributed by atoms with Crippen molar-refractivity contribution in [2.75, 3.05) is 18.4 Å². The summed E-state index contributed by atoms with van der Waals surface area (Å²) < 4.78 is 5.70. The first-order chi connectivity index (χ1) is 14.8. The molecule has 1 aliphatic rings. The van der Waals surface area contributed by atoms with Crippen LogP contribution in [0, 0.1) is 6.92 Å². The second-order valence-electron chi connectivity index (χ2n) is 8.01. The number of amides is 1. The summed E-state index contributed by atoms with van der Waals surface area (Å²) in [6.07, 6.45) is 0.0680. The van der Waals surface area contributed by atoms with Crippen molar-refractivity contribution in [3.8, 4) is 0 Å². The maximum Gasteiger partial charge on any atom is 0.258 e. The summed E-state index contributed by atoms with van der Waals surface area (Å²) in [5.74, 6) is 0.559. The molecule has 1 aliphatic heterocycles. The maximum atomic E-state index is 12.8. The standard InChI is InChI=1S/C23H25ClN4O3/c1-13-11-28(12-14(2)31-13)23(30)16-4-6-18(7-5-16)25-10-17-8-19-21(9-20(17)24)26-15(3)27-22(19)29/h4-9,13-14,25H,10-12H2,1-3H3,(H,26,27,29).